The molecule has 0 aliphatic heterocycles. The van der Waals surface area contributed by atoms with Gasteiger partial charge in [0.1, 0.15) is 5.82 Å². The lowest BCUT2D eigenvalue weighted by atomic mass is 9.98. The van der Waals surface area contributed by atoms with E-state index in [9.17, 15) is 4.39 Å². The summed E-state index contributed by atoms with van der Waals surface area (Å²) in [6, 6.07) is 12.7. The predicted octanol–water partition coefficient (Wildman–Crippen LogP) is 4.94. The molecule has 100 valence electrons. The van der Waals surface area contributed by atoms with Crippen LogP contribution in [0.5, 0.6) is 0 Å². The van der Waals surface area contributed by atoms with Crippen molar-refractivity contribution >= 4 is 27.5 Å². The van der Waals surface area contributed by atoms with Crippen molar-refractivity contribution in [1.29, 1.82) is 0 Å². The highest BCUT2D eigenvalue weighted by molar-refractivity contribution is 9.10. The van der Waals surface area contributed by atoms with Gasteiger partial charge in [0.15, 0.2) is 0 Å². The first-order chi connectivity index (χ1) is 9.11. The van der Waals surface area contributed by atoms with Gasteiger partial charge >= 0.3 is 0 Å². The van der Waals surface area contributed by atoms with Crippen molar-refractivity contribution in [2.24, 2.45) is 0 Å². The first-order valence-electron chi connectivity index (χ1n) is 6.05. The van der Waals surface area contributed by atoms with Crippen molar-refractivity contribution in [2.75, 3.05) is 6.54 Å². The van der Waals surface area contributed by atoms with E-state index in [2.05, 4.69) is 21.2 Å². The standard InChI is InChI=1S/C15H14BrClFN/c1-2-19-15(10-4-3-5-12(17)8-10)11-6-7-14(18)13(16)9-11/h3-9,15,19H,2H2,1H3. The Bertz CT molecular complexity index is 574. The molecule has 2 aromatic rings. The van der Waals surface area contributed by atoms with Crippen LogP contribution in [0.15, 0.2) is 46.9 Å². The summed E-state index contributed by atoms with van der Waals surface area (Å²) >= 11 is 9.26. The van der Waals surface area contributed by atoms with Gasteiger partial charge in [0.25, 0.3) is 0 Å². The van der Waals surface area contributed by atoms with Gasteiger partial charge in [0.2, 0.25) is 0 Å². The van der Waals surface area contributed by atoms with Gasteiger partial charge in [-0.3, -0.25) is 0 Å². The van der Waals surface area contributed by atoms with E-state index in [0.717, 1.165) is 17.7 Å². The van der Waals surface area contributed by atoms with Crippen molar-refractivity contribution in [1.82, 2.24) is 5.32 Å². The molecular weight excluding hydrogens is 329 g/mol. The second-order valence-corrected chi connectivity index (χ2v) is 5.51. The Morgan fingerprint density at radius 3 is 2.58 bits per heavy atom. The molecule has 2 rings (SSSR count). The van der Waals surface area contributed by atoms with Gasteiger partial charge in [-0.15, -0.1) is 0 Å². The fourth-order valence-corrected chi connectivity index (χ4v) is 2.61. The smallest absolute Gasteiger partial charge is 0.137 e. The molecule has 0 saturated heterocycles. The van der Waals surface area contributed by atoms with Gasteiger partial charge in [0.05, 0.1) is 10.5 Å². The summed E-state index contributed by atoms with van der Waals surface area (Å²) in [7, 11) is 0. The average Bonchev–Trinajstić information content (AvgIpc) is 2.39. The number of nitrogens with one attached hydrogen (secondary N) is 1. The van der Waals surface area contributed by atoms with E-state index >= 15 is 0 Å². The Kier molecular flexibility index (Phi) is 4.97. The van der Waals surface area contributed by atoms with Crippen molar-refractivity contribution in [2.45, 2.75) is 13.0 Å². The van der Waals surface area contributed by atoms with E-state index < -0.39 is 0 Å². The molecule has 0 spiro atoms. The molecule has 0 saturated carbocycles. The maximum atomic E-state index is 13.3. The molecule has 0 bridgehead atoms. The van der Waals surface area contributed by atoms with Gasteiger partial charge in [-0.05, 0) is 57.9 Å². The van der Waals surface area contributed by atoms with E-state index in [-0.39, 0.29) is 11.9 Å². The molecule has 1 N–H and O–H groups in total. The van der Waals surface area contributed by atoms with Crippen LogP contribution in [0.25, 0.3) is 0 Å². The molecule has 0 radical (unpaired) electrons. The molecule has 0 aliphatic carbocycles. The molecule has 0 aromatic heterocycles. The van der Waals surface area contributed by atoms with Crippen LogP contribution >= 0.6 is 27.5 Å². The first kappa shape index (κ1) is 14.5. The van der Waals surface area contributed by atoms with Crippen LogP contribution in [-0.4, -0.2) is 6.54 Å². The van der Waals surface area contributed by atoms with E-state index in [0.29, 0.717) is 9.50 Å². The minimum absolute atomic E-state index is 0.000556. The van der Waals surface area contributed by atoms with Crippen LogP contribution in [0, 0.1) is 5.82 Å². The van der Waals surface area contributed by atoms with Crippen molar-refractivity contribution in [3.63, 3.8) is 0 Å². The molecule has 19 heavy (non-hydrogen) atoms. The second-order valence-electron chi connectivity index (χ2n) is 4.22. The fraction of sp³-hybridized carbons (Fsp3) is 0.200. The van der Waals surface area contributed by atoms with Crippen LogP contribution in [0.3, 0.4) is 0 Å². The predicted molar refractivity (Wildman–Crippen MR) is 81.1 cm³/mol. The third-order valence-corrected chi connectivity index (χ3v) is 3.71. The van der Waals surface area contributed by atoms with E-state index in [4.69, 9.17) is 11.6 Å². The van der Waals surface area contributed by atoms with Crippen molar-refractivity contribution in [3.8, 4) is 0 Å². The van der Waals surface area contributed by atoms with Gasteiger partial charge in [0, 0.05) is 5.02 Å². The maximum Gasteiger partial charge on any atom is 0.137 e. The van der Waals surface area contributed by atoms with Gasteiger partial charge in [-0.2, -0.15) is 0 Å². The lowest BCUT2D eigenvalue weighted by molar-refractivity contribution is 0.608. The number of benzene rings is 2. The second kappa shape index (κ2) is 6.51. The molecule has 0 heterocycles. The minimum Gasteiger partial charge on any atom is -0.307 e. The highest BCUT2D eigenvalue weighted by atomic mass is 79.9. The largest absolute Gasteiger partial charge is 0.307 e. The summed E-state index contributed by atoms with van der Waals surface area (Å²) in [4.78, 5) is 0. The third-order valence-electron chi connectivity index (χ3n) is 2.87. The van der Waals surface area contributed by atoms with E-state index in [1.54, 1.807) is 12.1 Å². The van der Waals surface area contributed by atoms with Gasteiger partial charge in [-0.1, -0.05) is 36.7 Å². The third kappa shape index (κ3) is 3.56. The highest BCUT2D eigenvalue weighted by Crippen LogP contribution is 2.27. The highest BCUT2D eigenvalue weighted by Gasteiger charge is 2.14. The van der Waals surface area contributed by atoms with Gasteiger partial charge < -0.3 is 5.32 Å². The lowest BCUT2D eigenvalue weighted by Crippen LogP contribution is -2.22. The summed E-state index contributed by atoms with van der Waals surface area (Å²) in [6.07, 6.45) is 0. The van der Waals surface area contributed by atoms with Crippen LogP contribution in [-0.2, 0) is 0 Å². The van der Waals surface area contributed by atoms with Crippen molar-refractivity contribution < 1.29 is 4.39 Å². The van der Waals surface area contributed by atoms with Crippen LogP contribution in [0.4, 0.5) is 4.39 Å². The summed E-state index contributed by atoms with van der Waals surface area (Å²) in [5.41, 5.74) is 2.06. The SMILES string of the molecule is CCNC(c1cccc(Cl)c1)c1ccc(F)c(Br)c1. The topological polar surface area (TPSA) is 12.0 Å². The molecule has 4 heteroatoms. The number of rotatable bonds is 4. The summed E-state index contributed by atoms with van der Waals surface area (Å²) < 4.78 is 13.8. The number of hydrogen-bond acceptors (Lipinski definition) is 1. The fourth-order valence-electron chi connectivity index (χ4n) is 2.01. The average molecular weight is 343 g/mol. The zero-order chi connectivity index (χ0) is 13.8. The van der Waals surface area contributed by atoms with Crippen LogP contribution in [0.2, 0.25) is 5.02 Å². The van der Waals surface area contributed by atoms with E-state index in [1.807, 2.05) is 31.2 Å². The maximum absolute atomic E-state index is 13.3. The Morgan fingerprint density at radius 2 is 1.95 bits per heavy atom. The summed E-state index contributed by atoms with van der Waals surface area (Å²) in [6.45, 7) is 2.85. The van der Waals surface area contributed by atoms with Crippen LogP contribution < -0.4 is 5.32 Å². The molecule has 1 nitrogen and oxygen atoms in total. The normalized spacial score (nSPS) is 12.4. The lowest BCUT2D eigenvalue weighted by Gasteiger charge is -2.19. The Balaban J connectivity index is 2.42. The molecule has 2 aromatic carbocycles. The zero-order valence-corrected chi connectivity index (χ0v) is 12.8. The van der Waals surface area contributed by atoms with Crippen molar-refractivity contribution in [3.05, 3.63) is 68.9 Å². The molecule has 0 amide bonds. The number of halogens is 3. The Hall–Kier alpha value is -0.900. The van der Waals surface area contributed by atoms with Crippen LogP contribution in [0.1, 0.15) is 24.1 Å². The molecule has 0 fully saturated rings. The summed E-state index contributed by atoms with van der Waals surface area (Å²) in [5.74, 6) is -0.259. The van der Waals surface area contributed by atoms with E-state index in [1.165, 1.54) is 6.07 Å². The first-order valence-corrected chi connectivity index (χ1v) is 7.22. The molecule has 0 aliphatic rings. The molecule has 1 unspecified atom stereocenters. The molecule has 1 atom stereocenters. The minimum atomic E-state index is -0.259. The van der Waals surface area contributed by atoms with Gasteiger partial charge in [-0.25, -0.2) is 4.39 Å². The summed E-state index contributed by atoms with van der Waals surface area (Å²) in [5, 5.41) is 4.08. The quantitative estimate of drug-likeness (QED) is 0.830. The number of hydrogen-bond donors (Lipinski definition) is 1. The Labute approximate surface area is 125 Å². The monoisotopic (exact) mass is 341 g/mol. The Morgan fingerprint density at radius 1 is 1.21 bits per heavy atom. The molecular formula is C15H14BrClFN. The zero-order valence-electron chi connectivity index (χ0n) is 10.5.